The Morgan fingerprint density at radius 1 is 1.33 bits per heavy atom. The third-order valence-corrected chi connectivity index (χ3v) is 3.27. The topological polar surface area (TPSA) is 61.9 Å². The Balaban J connectivity index is 2.19. The fourth-order valence-corrected chi connectivity index (χ4v) is 2.32. The van der Waals surface area contributed by atoms with Gasteiger partial charge in [0, 0.05) is 7.05 Å². The van der Waals surface area contributed by atoms with Crippen molar-refractivity contribution >= 4 is 17.0 Å². The van der Waals surface area contributed by atoms with Crippen molar-refractivity contribution in [2.24, 2.45) is 7.05 Å². The van der Waals surface area contributed by atoms with Crippen molar-refractivity contribution in [3.63, 3.8) is 0 Å². The first kappa shape index (κ1) is 13.4. The molecule has 0 radical (unpaired) electrons. The minimum absolute atomic E-state index is 0.325. The van der Waals surface area contributed by atoms with E-state index in [9.17, 15) is 4.79 Å². The average Bonchev–Trinajstić information content (AvgIpc) is 3.01. The zero-order valence-electron chi connectivity index (χ0n) is 12.2. The van der Waals surface area contributed by atoms with Gasteiger partial charge in [0.25, 0.3) is 0 Å². The Labute approximate surface area is 122 Å². The van der Waals surface area contributed by atoms with E-state index in [-0.39, 0.29) is 0 Å². The molecule has 0 saturated carbocycles. The number of fused-ring (bicyclic) bond motifs is 1. The third-order valence-electron chi connectivity index (χ3n) is 3.27. The summed E-state index contributed by atoms with van der Waals surface area (Å²) in [5.74, 6) is 0.192. The smallest absolute Gasteiger partial charge is 0.357 e. The lowest BCUT2D eigenvalue weighted by Gasteiger charge is -2.06. The number of imidazole rings is 1. The predicted octanol–water partition coefficient (Wildman–Crippen LogP) is 2.24. The first-order chi connectivity index (χ1) is 10.1. The molecule has 21 heavy (non-hydrogen) atoms. The highest BCUT2D eigenvalue weighted by Gasteiger charge is 2.20. The second-order valence-corrected chi connectivity index (χ2v) is 4.76. The summed E-state index contributed by atoms with van der Waals surface area (Å²) in [5.41, 5.74) is 2.96. The third kappa shape index (κ3) is 2.18. The first-order valence-corrected chi connectivity index (χ1v) is 6.77. The van der Waals surface area contributed by atoms with Crippen molar-refractivity contribution in [1.82, 2.24) is 19.3 Å². The highest BCUT2D eigenvalue weighted by atomic mass is 16.5. The minimum Gasteiger partial charge on any atom is -0.461 e. The summed E-state index contributed by atoms with van der Waals surface area (Å²) >= 11 is 0. The molecule has 108 valence electrons. The van der Waals surface area contributed by atoms with Crippen LogP contribution in [-0.2, 0) is 11.8 Å². The summed E-state index contributed by atoms with van der Waals surface area (Å²) in [6.45, 7) is 3.94. The molecule has 0 aliphatic heterocycles. The van der Waals surface area contributed by atoms with Gasteiger partial charge in [-0.15, -0.1) is 0 Å². The van der Waals surface area contributed by atoms with Crippen LogP contribution in [0.25, 0.3) is 17.0 Å². The van der Waals surface area contributed by atoms with Gasteiger partial charge in [-0.1, -0.05) is 12.1 Å². The van der Waals surface area contributed by atoms with Crippen molar-refractivity contribution in [3.8, 4) is 5.95 Å². The maximum absolute atomic E-state index is 12.1. The second kappa shape index (κ2) is 5.05. The fourth-order valence-electron chi connectivity index (χ4n) is 2.32. The maximum atomic E-state index is 12.1. The lowest BCUT2D eigenvalue weighted by molar-refractivity contribution is 0.0515. The van der Waals surface area contributed by atoms with Crippen molar-refractivity contribution in [2.45, 2.75) is 13.8 Å². The van der Waals surface area contributed by atoms with Gasteiger partial charge in [-0.25, -0.2) is 9.78 Å². The Kier molecular flexibility index (Phi) is 3.21. The molecule has 0 aliphatic carbocycles. The predicted molar refractivity (Wildman–Crippen MR) is 78.5 cm³/mol. The van der Waals surface area contributed by atoms with Crippen LogP contribution >= 0.6 is 0 Å². The molecule has 1 aromatic carbocycles. The van der Waals surface area contributed by atoms with Gasteiger partial charge in [0.2, 0.25) is 5.95 Å². The van der Waals surface area contributed by atoms with Crippen LogP contribution in [0.4, 0.5) is 0 Å². The number of para-hydroxylation sites is 2. The fraction of sp³-hybridized carbons (Fsp3) is 0.267. The van der Waals surface area contributed by atoms with Crippen LogP contribution in [0, 0.1) is 6.92 Å². The number of nitrogens with zero attached hydrogens (tertiary/aromatic N) is 4. The average molecular weight is 284 g/mol. The number of aromatic nitrogens is 4. The number of esters is 1. The van der Waals surface area contributed by atoms with Crippen LogP contribution in [-0.4, -0.2) is 31.9 Å². The molecule has 6 nitrogen and oxygen atoms in total. The van der Waals surface area contributed by atoms with Crippen LogP contribution in [0.5, 0.6) is 0 Å². The van der Waals surface area contributed by atoms with Crippen molar-refractivity contribution in [3.05, 3.63) is 41.7 Å². The normalized spacial score (nSPS) is 11.0. The number of carbonyl (C=O) groups excluding carboxylic acids is 1. The molecule has 0 amide bonds. The molecular formula is C15H16N4O2. The van der Waals surface area contributed by atoms with Crippen LogP contribution in [0.2, 0.25) is 0 Å². The van der Waals surface area contributed by atoms with Crippen LogP contribution in [0.15, 0.2) is 30.3 Å². The Bertz CT molecular complexity index is 816. The molecular weight excluding hydrogens is 268 g/mol. The number of ether oxygens (including phenoxy) is 1. The highest BCUT2D eigenvalue weighted by Crippen LogP contribution is 2.19. The van der Waals surface area contributed by atoms with Crippen LogP contribution in [0.1, 0.15) is 23.1 Å². The zero-order valence-corrected chi connectivity index (χ0v) is 12.2. The van der Waals surface area contributed by atoms with Gasteiger partial charge >= 0.3 is 5.97 Å². The van der Waals surface area contributed by atoms with E-state index in [0.717, 1.165) is 16.7 Å². The Morgan fingerprint density at radius 3 is 2.81 bits per heavy atom. The summed E-state index contributed by atoms with van der Waals surface area (Å²) in [4.78, 5) is 16.6. The number of benzene rings is 1. The van der Waals surface area contributed by atoms with Crippen LogP contribution in [0.3, 0.4) is 0 Å². The van der Waals surface area contributed by atoms with E-state index in [1.165, 1.54) is 4.68 Å². The highest BCUT2D eigenvalue weighted by molar-refractivity contribution is 5.88. The number of carbonyl (C=O) groups is 1. The van der Waals surface area contributed by atoms with E-state index in [1.807, 2.05) is 42.8 Å². The molecule has 2 heterocycles. The molecule has 3 rings (SSSR count). The van der Waals surface area contributed by atoms with Gasteiger partial charge in [-0.05, 0) is 32.0 Å². The molecule has 0 bridgehead atoms. The second-order valence-electron chi connectivity index (χ2n) is 4.76. The number of hydrogen-bond donors (Lipinski definition) is 0. The van der Waals surface area contributed by atoms with E-state index in [0.29, 0.717) is 18.2 Å². The number of hydrogen-bond acceptors (Lipinski definition) is 4. The summed E-state index contributed by atoms with van der Waals surface area (Å²) in [6.07, 6.45) is 0. The molecule has 3 aromatic rings. The van der Waals surface area contributed by atoms with E-state index in [1.54, 1.807) is 13.0 Å². The van der Waals surface area contributed by atoms with Crippen molar-refractivity contribution in [2.75, 3.05) is 6.61 Å². The van der Waals surface area contributed by atoms with Gasteiger partial charge in [0.05, 0.1) is 23.3 Å². The van der Waals surface area contributed by atoms with Gasteiger partial charge in [-0.3, -0.25) is 0 Å². The lowest BCUT2D eigenvalue weighted by Crippen LogP contribution is -2.14. The molecule has 0 aliphatic rings. The van der Waals surface area contributed by atoms with Gasteiger partial charge in [-0.2, -0.15) is 9.78 Å². The molecule has 0 atom stereocenters. The van der Waals surface area contributed by atoms with Crippen LogP contribution < -0.4 is 0 Å². The lowest BCUT2D eigenvalue weighted by atomic mass is 10.3. The van der Waals surface area contributed by atoms with Gasteiger partial charge < -0.3 is 9.30 Å². The monoisotopic (exact) mass is 284 g/mol. The van der Waals surface area contributed by atoms with Gasteiger partial charge in [0.1, 0.15) is 0 Å². The van der Waals surface area contributed by atoms with E-state index in [2.05, 4.69) is 10.1 Å². The first-order valence-electron chi connectivity index (χ1n) is 6.77. The molecule has 0 saturated heterocycles. The standard InChI is InChI=1S/C15H16N4O2/c1-4-21-14(20)13-9-10(2)17-19(13)15-16-11-7-5-6-8-12(11)18(15)3/h5-9H,4H2,1-3H3. The molecule has 2 aromatic heterocycles. The Hall–Kier alpha value is -2.63. The summed E-state index contributed by atoms with van der Waals surface area (Å²) in [6, 6.07) is 9.50. The summed E-state index contributed by atoms with van der Waals surface area (Å²) < 4.78 is 8.52. The quantitative estimate of drug-likeness (QED) is 0.692. The molecule has 0 fully saturated rings. The Morgan fingerprint density at radius 2 is 2.10 bits per heavy atom. The SMILES string of the molecule is CCOC(=O)c1cc(C)nn1-c1nc2ccccc2n1C. The summed E-state index contributed by atoms with van der Waals surface area (Å²) in [5, 5.41) is 4.37. The minimum atomic E-state index is -0.398. The van der Waals surface area contributed by atoms with Crippen molar-refractivity contribution < 1.29 is 9.53 Å². The number of aryl methyl sites for hydroxylation is 2. The molecule has 0 unspecified atom stereocenters. The molecule has 6 heteroatoms. The summed E-state index contributed by atoms with van der Waals surface area (Å²) in [7, 11) is 1.90. The van der Waals surface area contributed by atoms with E-state index < -0.39 is 5.97 Å². The van der Waals surface area contributed by atoms with E-state index in [4.69, 9.17) is 4.74 Å². The zero-order chi connectivity index (χ0) is 15.0. The largest absolute Gasteiger partial charge is 0.461 e. The molecule has 0 spiro atoms. The van der Waals surface area contributed by atoms with Crippen molar-refractivity contribution in [1.29, 1.82) is 0 Å². The number of rotatable bonds is 3. The molecule has 0 N–H and O–H groups in total. The maximum Gasteiger partial charge on any atom is 0.357 e. The van der Waals surface area contributed by atoms with E-state index >= 15 is 0 Å². The van der Waals surface area contributed by atoms with Gasteiger partial charge in [0.15, 0.2) is 5.69 Å².